The van der Waals surface area contributed by atoms with Gasteiger partial charge in [0.1, 0.15) is 11.9 Å². The van der Waals surface area contributed by atoms with E-state index in [-0.39, 0.29) is 18.4 Å². The van der Waals surface area contributed by atoms with Gasteiger partial charge in [-0.05, 0) is 57.6 Å². The Balaban J connectivity index is 1.34. The van der Waals surface area contributed by atoms with E-state index < -0.39 is 5.60 Å². The molecule has 4 rings (SSSR count). The molecule has 11 nitrogen and oxygen atoms in total. The Morgan fingerprint density at radius 1 is 1.05 bits per heavy atom. The largest absolute Gasteiger partial charge is 0.459 e. The van der Waals surface area contributed by atoms with Crippen LogP contribution in [0.25, 0.3) is 11.4 Å². The number of carbonyl (C=O) groups is 2. The fourth-order valence-corrected chi connectivity index (χ4v) is 4.65. The first-order chi connectivity index (χ1) is 19.5. The topological polar surface area (TPSA) is 117 Å². The van der Waals surface area contributed by atoms with Crippen LogP contribution in [0.5, 0.6) is 0 Å². The summed E-state index contributed by atoms with van der Waals surface area (Å²) in [7, 11) is 1.89. The molecule has 3 heterocycles. The number of hydrogen-bond acceptors (Lipinski definition) is 10. The van der Waals surface area contributed by atoms with Crippen molar-refractivity contribution in [3.8, 4) is 11.4 Å². The van der Waals surface area contributed by atoms with Gasteiger partial charge in [0, 0.05) is 75.8 Å². The summed E-state index contributed by atoms with van der Waals surface area (Å²) in [5.41, 5.74) is 3.22. The average Bonchev–Trinajstić information content (AvgIpc) is 2.91. The average molecular weight is 561 g/mol. The van der Waals surface area contributed by atoms with Crippen LogP contribution in [-0.2, 0) is 27.3 Å². The van der Waals surface area contributed by atoms with Crippen LogP contribution in [0.1, 0.15) is 39.0 Å². The van der Waals surface area contributed by atoms with Gasteiger partial charge in [-0.1, -0.05) is 12.1 Å². The summed E-state index contributed by atoms with van der Waals surface area (Å²) in [6.07, 6.45) is 4.09. The third kappa shape index (κ3) is 9.58. The van der Waals surface area contributed by atoms with Crippen molar-refractivity contribution in [3.63, 3.8) is 0 Å². The fraction of sp³-hybridized carbons (Fsp3) is 0.467. The van der Waals surface area contributed by atoms with Gasteiger partial charge in [0.05, 0.1) is 6.54 Å². The van der Waals surface area contributed by atoms with Gasteiger partial charge >= 0.3 is 5.97 Å². The molecule has 1 saturated heterocycles. The van der Waals surface area contributed by atoms with E-state index in [1.165, 1.54) is 6.33 Å². The highest BCUT2D eigenvalue weighted by atomic mass is 16.6. The highest BCUT2D eigenvalue weighted by Crippen LogP contribution is 2.20. The first-order valence-corrected chi connectivity index (χ1v) is 13.9. The predicted octanol–water partition coefficient (Wildman–Crippen LogP) is 3.16. The number of carbonyl (C=O) groups excluding carboxylic acids is 2. The normalized spacial score (nSPS) is 14.2. The van der Waals surface area contributed by atoms with Crippen LogP contribution in [0, 0.1) is 0 Å². The van der Waals surface area contributed by atoms with Gasteiger partial charge in [0.15, 0.2) is 5.82 Å². The number of pyridine rings is 1. The zero-order chi connectivity index (χ0) is 29.4. The summed E-state index contributed by atoms with van der Waals surface area (Å²) in [5, 5.41) is 3.27. The number of benzene rings is 1. The molecule has 1 aliphatic heterocycles. The first-order valence-electron chi connectivity index (χ1n) is 13.9. The van der Waals surface area contributed by atoms with Gasteiger partial charge in [-0.25, -0.2) is 9.97 Å². The molecule has 1 fully saturated rings. The minimum atomic E-state index is -0.503. The number of nitrogens with one attached hydrogen (secondary N) is 1. The number of esters is 1. The molecule has 1 N–H and O–H groups in total. The maximum atomic E-state index is 12.2. The number of amides is 1. The zero-order valence-corrected chi connectivity index (χ0v) is 24.6. The Morgan fingerprint density at radius 2 is 1.83 bits per heavy atom. The monoisotopic (exact) mass is 560 g/mol. The minimum absolute atomic E-state index is 0.140. The van der Waals surface area contributed by atoms with Crippen LogP contribution in [0.15, 0.2) is 48.9 Å². The van der Waals surface area contributed by atoms with Gasteiger partial charge in [-0.15, -0.1) is 0 Å². The van der Waals surface area contributed by atoms with E-state index in [9.17, 15) is 9.59 Å². The van der Waals surface area contributed by atoms with Gasteiger partial charge in [-0.2, -0.15) is 4.98 Å². The fourth-order valence-electron chi connectivity index (χ4n) is 4.65. The van der Waals surface area contributed by atoms with Crippen LogP contribution >= 0.6 is 0 Å². The lowest BCUT2D eigenvalue weighted by atomic mass is 10.1. The van der Waals surface area contributed by atoms with Crippen molar-refractivity contribution in [1.29, 1.82) is 0 Å². The number of nitrogens with zero attached hydrogens (tertiary/aromatic N) is 7. The molecule has 0 saturated carbocycles. The minimum Gasteiger partial charge on any atom is -0.459 e. The third-order valence-electron chi connectivity index (χ3n) is 6.60. The summed E-state index contributed by atoms with van der Waals surface area (Å²) >= 11 is 0. The first kappa shape index (κ1) is 30.0. The molecule has 0 atom stereocenters. The van der Waals surface area contributed by atoms with Crippen molar-refractivity contribution in [2.24, 2.45) is 0 Å². The highest BCUT2D eigenvalue weighted by Gasteiger charge is 2.19. The molecule has 2 aromatic heterocycles. The van der Waals surface area contributed by atoms with Crippen LogP contribution in [0.4, 0.5) is 11.6 Å². The molecule has 3 aromatic rings. The van der Waals surface area contributed by atoms with Crippen molar-refractivity contribution in [1.82, 2.24) is 34.6 Å². The number of anilines is 2. The van der Waals surface area contributed by atoms with E-state index in [1.807, 2.05) is 74.0 Å². The van der Waals surface area contributed by atoms with Gasteiger partial charge < -0.3 is 15.0 Å². The maximum absolute atomic E-state index is 12.2. The Labute approximate surface area is 242 Å². The molecule has 0 aliphatic carbocycles. The lowest BCUT2D eigenvalue weighted by Crippen LogP contribution is -2.48. The molecule has 0 spiro atoms. The molecular weight excluding hydrogens is 520 g/mol. The molecular formula is C30H40N8O3. The van der Waals surface area contributed by atoms with Crippen LogP contribution < -0.4 is 5.32 Å². The number of aromatic nitrogens is 4. The van der Waals surface area contributed by atoms with Gasteiger partial charge in [0.2, 0.25) is 11.9 Å². The quantitative estimate of drug-likeness (QED) is 0.371. The number of hydrogen-bond donors (Lipinski definition) is 1. The Hall–Kier alpha value is -3.96. The summed E-state index contributed by atoms with van der Waals surface area (Å²) in [6.45, 7) is 12.2. The van der Waals surface area contributed by atoms with E-state index in [4.69, 9.17) is 4.74 Å². The maximum Gasteiger partial charge on any atom is 0.320 e. The lowest BCUT2D eigenvalue weighted by Gasteiger charge is -2.34. The molecule has 1 amide bonds. The number of piperazine rings is 1. The summed E-state index contributed by atoms with van der Waals surface area (Å²) in [5.74, 6) is 0.894. The standard InChI is InChI=1S/C30H40N8O3/c1-22(39)38-15-13-37(14-16-38)12-10-25-18-24(9-11-31-25)28-32-21-33-29(35-28)34-26-8-6-7-23(17-26)19-36(5)20-27(40)41-30(2,3)4/h6-9,11,17-18,21H,10,12-16,19-20H2,1-5H3,(H,32,33,34,35). The van der Waals surface area contributed by atoms with E-state index in [2.05, 4.69) is 30.2 Å². The molecule has 218 valence electrons. The second-order valence-corrected chi connectivity index (χ2v) is 11.4. The predicted molar refractivity (Wildman–Crippen MR) is 157 cm³/mol. The van der Waals surface area contributed by atoms with E-state index in [0.717, 1.165) is 61.7 Å². The molecule has 1 aliphatic rings. The molecule has 41 heavy (non-hydrogen) atoms. The van der Waals surface area contributed by atoms with Crippen molar-refractivity contribution in [2.75, 3.05) is 51.6 Å². The second kappa shape index (κ2) is 13.6. The summed E-state index contributed by atoms with van der Waals surface area (Å²) < 4.78 is 5.42. The number of rotatable bonds is 10. The van der Waals surface area contributed by atoms with Crippen LogP contribution in [-0.4, -0.2) is 98.4 Å². The van der Waals surface area contributed by atoms with Crippen molar-refractivity contribution in [3.05, 3.63) is 60.2 Å². The summed E-state index contributed by atoms with van der Waals surface area (Å²) in [4.78, 5) is 47.8. The van der Waals surface area contributed by atoms with Crippen molar-refractivity contribution < 1.29 is 14.3 Å². The van der Waals surface area contributed by atoms with Crippen LogP contribution in [0.2, 0.25) is 0 Å². The zero-order valence-electron chi connectivity index (χ0n) is 24.6. The number of likely N-dealkylation sites (N-methyl/N-ethyl adjacent to an activating group) is 1. The van der Waals surface area contributed by atoms with E-state index >= 15 is 0 Å². The molecule has 11 heteroatoms. The number of ether oxygens (including phenoxy) is 1. The Morgan fingerprint density at radius 3 is 2.56 bits per heavy atom. The van der Waals surface area contributed by atoms with E-state index in [1.54, 1.807) is 13.1 Å². The lowest BCUT2D eigenvalue weighted by molar-refractivity contribution is -0.155. The van der Waals surface area contributed by atoms with Gasteiger partial charge in [0.25, 0.3) is 0 Å². The molecule has 0 bridgehead atoms. The molecule has 0 radical (unpaired) electrons. The van der Waals surface area contributed by atoms with Crippen LogP contribution in [0.3, 0.4) is 0 Å². The van der Waals surface area contributed by atoms with E-state index in [0.29, 0.717) is 18.3 Å². The highest BCUT2D eigenvalue weighted by molar-refractivity contribution is 5.73. The Kier molecular flexibility index (Phi) is 9.95. The SMILES string of the molecule is CC(=O)N1CCN(CCc2cc(-c3ncnc(Nc4cccc(CN(C)CC(=O)OC(C)(C)C)c4)n3)ccn2)CC1. The Bertz CT molecular complexity index is 1340. The molecule has 0 unspecified atom stereocenters. The summed E-state index contributed by atoms with van der Waals surface area (Å²) in [6, 6.07) is 11.8. The van der Waals surface area contributed by atoms with Crippen molar-refractivity contribution in [2.45, 2.75) is 46.3 Å². The van der Waals surface area contributed by atoms with Gasteiger partial charge in [-0.3, -0.25) is 24.4 Å². The third-order valence-corrected chi connectivity index (χ3v) is 6.60. The molecule has 1 aromatic carbocycles. The smallest absolute Gasteiger partial charge is 0.320 e. The van der Waals surface area contributed by atoms with Crippen molar-refractivity contribution >= 4 is 23.5 Å². The second-order valence-electron chi connectivity index (χ2n) is 11.4.